The molecule has 0 aliphatic rings. The molecule has 1 aromatic carbocycles. The number of hydrogen-bond donors (Lipinski definition) is 3. The van der Waals surface area contributed by atoms with Crippen LogP contribution in [-0.4, -0.2) is 37.1 Å². The molecule has 0 aliphatic heterocycles. The van der Waals surface area contributed by atoms with Crippen LogP contribution in [0.5, 0.6) is 0 Å². The second-order valence-electron chi connectivity index (χ2n) is 6.13. The Morgan fingerprint density at radius 2 is 2.00 bits per heavy atom. The van der Waals surface area contributed by atoms with Crippen LogP contribution in [-0.2, 0) is 9.53 Å². The number of ether oxygens (including phenoxy) is 1. The highest BCUT2D eigenvalue weighted by molar-refractivity contribution is 5.97. The molecule has 0 spiro atoms. The fraction of sp³-hybridized carbons (Fsp3) is 0.500. The summed E-state index contributed by atoms with van der Waals surface area (Å²) in [5.74, 6) is -0.383. The molecule has 6 heteroatoms. The van der Waals surface area contributed by atoms with E-state index >= 15 is 0 Å². The van der Waals surface area contributed by atoms with Crippen molar-refractivity contribution in [3.63, 3.8) is 0 Å². The van der Waals surface area contributed by atoms with E-state index in [1.807, 2.05) is 20.8 Å². The summed E-state index contributed by atoms with van der Waals surface area (Å²) >= 11 is 0. The Morgan fingerprint density at radius 1 is 1.32 bits per heavy atom. The first-order valence-electron chi connectivity index (χ1n) is 7.20. The van der Waals surface area contributed by atoms with Gasteiger partial charge in [-0.2, -0.15) is 0 Å². The van der Waals surface area contributed by atoms with Gasteiger partial charge in [0.25, 0.3) is 5.91 Å². The zero-order valence-corrected chi connectivity index (χ0v) is 13.6. The van der Waals surface area contributed by atoms with Crippen LogP contribution in [0.1, 0.15) is 37.6 Å². The Bertz CT molecular complexity index is 520. The number of nitrogens with one attached hydrogen (secondary N) is 2. The van der Waals surface area contributed by atoms with E-state index in [1.165, 1.54) is 7.11 Å². The molecule has 0 fully saturated rings. The maximum Gasteiger partial charge on any atom is 0.251 e. The Balaban J connectivity index is 2.72. The molecule has 22 heavy (non-hydrogen) atoms. The molecule has 6 nitrogen and oxygen atoms in total. The first-order valence-corrected chi connectivity index (χ1v) is 7.20. The van der Waals surface area contributed by atoms with Crippen LogP contribution in [0.25, 0.3) is 0 Å². The zero-order chi connectivity index (χ0) is 16.8. The van der Waals surface area contributed by atoms with Crippen LogP contribution in [0, 0.1) is 0 Å². The number of benzene rings is 1. The molecule has 1 aromatic rings. The average molecular weight is 307 g/mol. The second-order valence-corrected chi connectivity index (χ2v) is 6.13. The van der Waals surface area contributed by atoms with Gasteiger partial charge in [-0.05, 0) is 39.0 Å². The summed E-state index contributed by atoms with van der Waals surface area (Å²) in [6.45, 7) is 6.01. The van der Waals surface area contributed by atoms with Crippen LogP contribution in [0.2, 0.25) is 0 Å². The summed E-state index contributed by atoms with van der Waals surface area (Å²) in [7, 11) is 1.52. The molecule has 0 saturated heterocycles. The largest absolute Gasteiger partial charge is 0.380 e. The fourth-order valence-electron chi connectivity index (χ4n) is 1.83. The van der Waals surface area contributed by atoms with E-state index in [2.05, 4.69) is 10.6 Å². The highest BCUT2D eigenvalue weighted by atomic mass is 16.5. The van der Waals surface area contributed by atoms with E-state index in [9.17, 15) is 9.59 Å². The van der Waals surface area contributed by atoms with Gasteiger partial charge < -0.3 is 21.1 Å². The van der Waals surface area contributed by atoms with Crippen molar-refractivity contribution < 1.29 is 14.3 Å². The molecule has 1 atom stereocenters. The maximum absolute atomic E-state index is 12.1. The molecule has 0 saturated carbocycles. The van der Waals surface area contributed by atoms with Crippen molar-refractivity contribution in [2.45, 2.75) is 38.8 Å². The molecule has 4 N–H and O–H groups in total. The molecule has 0 aromatic heterocycles. The molecule has 1 rings (SSSR count). The SMILES string of the molecule is COC(CN)CC(=O)Nc1cccc(C(=O)NC(C)(C)C)c1. The summed E-state index contributed by atoms with van der Waals surface area (Å²) in [4.78, 5) is 24.0. The van der Waals surface area contributed by atoms with E-state index in [4.69, 9.17) is 10.5 Å². The van der Waals surface area contributed by atoms with Gasteiger partial charge in [0, 0.05) is 30.4 Å². The Morgan fingerprint density at radius 3 is 2.55 bits per heavy atom. The topological polar surface area (TPSA) is 93.4 Å². The van der Waals surface area contributed by atoms with Gasteiger partial charge in [0.15, 0.2) is 0 Å². The summed E-state index contributed by atoms with van der Waals surface area (Å²) in [6.07, 6.45) is -0.141. The normalized spacial score (nSPS) is 12.6. The van der Waals surface area contributed by atoms with Gasteiger partial charge in [0.2, 0.25) is 5.91 Å². The van der Waals surface area contributed by atoms with Gasteiger partial charge in [-0.25, -0.2) is 0 Å². The lowest BCUT2D eigenvalue weighted by Gasteiger charge is -2.20. The van der Waals surface area contributed by atoms with Crippen molar-refractivity contribution in [3.8, 4) is 0 Å². The molecular weight excluding hydrogens is 282 g/mol. The molecule has 0 radical (unpaired) electrons. The van der Waals surface area contributed by atoms with E-state index < -0.39 is 0 Å². The first kappa shape index (κ1) is 18.1. The standard InChI is InChI=1S/C16H25N3O3/c1-16(2,3)19-15(21)11-6-5-7-12(8-11)18-14(20)9-13(10-17)22-4/h5-8,13H,9-10,17H2,1-4H3,(H,18,20)(H,19,21). The molecule has 1 unspecified atom stereocenters. The highest BCUT2D eigenvalue weighted by Crippen LogP contribution is 2.13. The quantitative estimate of drug-likeness (QED) is 0.743. The second kappa shape index (κ2) is 7.91. The van der Waals surface area contributed by atoms with E-state index in [0.717, 1.165) is 0 Å². The predicted molar refractivity (Wildman–Crippen MR) is 86.8 cm³/mol. The number of carbonyl (C=O) groups is 2. The average Bonchev–Trinajstić information content (AvgIpc) is 2.43. The summed E-state index contributed by atoms with van der Waals surface area (Å²) in [6, 6.07) is 6.80. The number of methoxy groups -OCH3 is 1. The third kappa shape index (κ3) is 6.24. The van der Waals surface area contributed by atoms with Gasteiger partial charge >= 0.3 is 0 Å². The third-order valence-corrected chi connectivity index (χ3v) is 2.91. The lowest BCUT2D eigenvalue weighted by atomic mass is 10.1. The van der Waals surface area contributed by atoms with Crippen molar-refractivity contribution in [1.82, 2.24) is 5.32 Å². The number of anilines is 1. The summed E-state index contributed by atoms with van der Waals surface area (Å²) < 4.78 is 5.07. The number of rotatable bonds is 6. The van der Waals surface area contributed by atoms with Crippen LogP contribution >= 0.6 is 0 Å². The van der Waals surface area contributed by atoms with E-state index in [0.29, 0.717) is 11.3 Å². The lowest BCUT2D eigenvalue weighted by Crippen LogP contribution is -2.40. The molecule has 0 heterocycles. The fourth-order valence-corrected chi connectivity index (χ4v) is 1.83. The number of hydrogen-bond acceptors (Lipinski definition) is 4. The van der Waals surface area contributed by atoms with Gasteiger partial charge in [0.1, 0.15) is 0 Å². The minimum absolute atomic E-state index is 0.172. The molecule has 122 valence electrons. The van der Waals surface area contributed by atoms with Crippen LogP contribution in [0.3, 0.4) is 0 Å². The smallest absolute Gasteiger partial charge is 0.251 e. The molecule has 2 amide bonds. The van der Waals surface area contributed by atoms with Crippen LogP contribution < -0.4 is 16.4 Å². The zero-order valence-electron chi connectivity index (χ0n) is 13.6. The summed E-state index contributed by atoms with van der Waals surface area (Å²) in [5, 5.41) is 5.62. The first-order chi connectivity index (χ1) is 10.2. The van der Waals surface area contributed by atoms with Gasteiger partial charge in [-0.15, -0.1) is 0 Å². The molecular formula is C16H25N3O3. The Kier molecular flexibility index (Phi) is 6.52. The van der Waals surface area contributed by atoms with Gasteiger partial charge in [-0.1, -0.05) is 6.07 Å². The van der Waals surface area contributed by atoms with Crippen LogP contribution in [0.4, 0.5) is 5.69 Å². The third-order valence-electron chi connectivity index (χ3n) is 2.91. The molecule has 0 bridgehead atoms. The van der Waals surface area contributed by atoms with Crippen molar-refractivity contribution in [2.24, 2.45) is 5.73 Å². The van der Waals surface area contributed by atoms with Crippen molar-refractivity contribution in [1.29, 1.82) is 0 Å². The van der Waals surface area contributed by atoms with Gasteiger partial charge in [-0.3, -0.25) is 9.59 Å². The monoisotopic (exact) mass is 307 g/mol. The van der Waals surface area contributed by atoms with Crippen molar-refractivity contribution >= 4 is 17.5 Å². The van der Waals surface area contributed by atoms with E-state index in [-0.39, 0.29) is 36.4 Å². The Hall–Kier alpha value is -1.92. The summed E-state index contributed by atoms with van der Waals surface area (Å²) in [5.41, 5.74) is 6.24. The highest BCUT2D eigenvalue weighted by Gasteiger charge is 2.16. The number of carbonyl (C=O) groups excluding carboxylic acids is 2. The minimum atomic E-state index is -0.316. The predicted octanol–water partition coefficient (Wildman–Crippen LogP) is 1.52. The van der Waals surface area contributed by atoms with E-state index in [1.54, 1.807) is 24.3 Å². The van der Waals surface area contributed by atoms with Gasteiger partial charge in [0.05, 0.1) is 12.5 Å². The van der Waals surface area contributed by atoms with Crippen molar-refractivity contribution in [3.05, 3.63) is 29.8 Å². The lowest BCUT2D eigenvalue weighted by molar-refractivity contribution is -0.118. The van der Waals surface area contributed by atoms with Crippen LogP contribution in [0.15, 0.2) is 24.3 Å². The molecule has 0 aliphatic carbocycles. The Labute approximate surface area is 131 Å². The van der Waals surface area contributed by atoms with Crippen molar-refractivity contribution in [2.75, 3.05) is 19.0 Å². The number of amides is 2. The number of nitrogens with two attached hydrogens (primary N) is 1. The maximum atomic E-state index is 12.1. The minimum Gasteiger partial charge on any atom is -0.380 e.